The van der Waals surface area contributed by atoms with Crippen LogP contribution in [-0.2, 0) is 4.79 Å². The molecule has 1 amide bonds. The van der Waals surface area contributed by atoms with Gasteiger partial charge in [-0.25, -0.2) is 4.98 Å². The summed E-state index contributed by atoms with van der Waals surface area (Å²) in [6.07, 6.45) is 1.72. The largest absolute Gasteiger partial charge is 0.483 e. The Morgan fingerprint density at radius 3 is 2.72 bits per heavy atom. The second kappa shape index (κ2) is 7.90. The zero-order valence-electron chi connectivity index (χ0n) is 14.1. The number of benzene rings is 1. The third-order valence-electron chi connectivity index (χ3n) is 3.58. The maximum atomic E-state index is 12.1. The lowest BCUT2D eigenvalue weighted by molar-refractivity contribution is -0.118. The molecule has 128 valence electrons. The molecule has 3 aromatic rings. The predicted octanol–water partition coefficient (Wildman–Crippen LogP) is 4.35. The topological polar surface area (TPSA) is 64.1 Å². The summed E-state index contributed by atoms with van der Waals surface area (Å²) in [6, 6.07) is 13.4. The molecule has 3 rings (SSSR count). The van der Waals surface area contributed by atoms with Gasteiger partial charge in [-0.1, -0.05) is 38.1 Å². The second-order valence-electron chi connectivity index (χ2n) is 5.78. The number of nitrogens with one attached hydrogen (secondary N) is 1. The Balaban J connectivity index is 1.60. The Morgan fingerprint density at radius 1 is 1.16 bits per heavy atom. The molecule has 1 aromatic carbocycles. The van der Waals surface area contributed by atoms with Crippen LogP contribution < -0.4 is 10.1 Å². The van der Waals surface area contributed by atoms with Crippen molar-refractivity contribution < 1.29 is 9.53 Å². The smallest absolute Gasteiger partial charge is 0.264 e. The van der Waals surface area contributed by atoms with Crippen LogP contribution in [-0.4, -0.2) is 22.5 Å². The molecule has 0 fully saturated rings. The van der Waals surface area contributed by atoms with Crippen molar-refractivity contribution in [1.82, 2.24) is 9.97 Å². The summed E-state index contributed by atoms with van der Waals surface area (Å²) in [5.41, 5.74) is 2.61. The molecule has 2 aromatic heterocycles. The maximum absolute atomic E-state index is 12.1. The van der Waals surface area contributed by atoms with Crippen molar-refractivity contribution in [2.24, 2.45) is 0 Å². The fourth-order valence-corrected chi connectivity index (χ4v) is 3.07. The number of carbonyl (C=O) groups excluding carboxylic acids is 1. The van der Waals surface area contributed by atoms with Gasteiger partial charge in [0, 0.05) is 11.6 Å². The normalized spacial score (nSPS) is 10.7. The van der Waals surface area contributed by atoms with E-state index in [-0.39, 0.29) is 12.5 Å². The number of thiazole rings is 1. The first-order valence-electron chi connectivity index (χ1n) is 8.02. The standard InChI is InChI=1S/C19H19N3O2S/c1-13(2)14-7-3-4-9-17(14)24-11-18(23)22-19-21-16(12-25-19)15-8-5-6-10-20-15/h3-10,12-13H,11H2,1-2H3,(H,21,22,23). The summed E-state index contributed by atoms with van der Waals surface area (Å²) in [7, 11) is 0. The third-order valence-corrected chi connectivity index (χ3v) is 4.34. The highest BCUT2D eigenvalue weighted by Gasteiger charge is 2.11. The highest BCUT2D eigenvalue weighted by atomic mass is 32.1. The Hall–Kier alpha value is -2.73. The third kappa shape index (κ3) is 4.42. The molecule has 0 bridgehead atoms. The van der Waals surface area contributed by atoms with Crippen molar-refractivity contribution >= 4 is 22.4 Å². The molecule has 0 spiro atoms. The number of nitrogens with zero attached hydrogens (tertiary/aromatic N) is 2. The number of ether oxygens (including phenoxy) is 1. The highest BCUT2D eigenvalue weighted by Crippen LogP contribution is 2.26. The molecule has 0 aliphatic carbocycles. The van der Waals surface area contributed by atoms with Crippen LogP contribution in [0.3, 0.4) is 0 Å². The fraction of sp³-hybridized carbons (Fsp3) is 0.211. The molecule has 0 saturated heterocycles. The van der Waals surface area contributed by atoms with Crippen molar-refractivity contribution in [3.63, 3.8) is 0 Å². The Bertz CT molecular complexity index is 847. The van der Waals surface area contributed by atoms with Crippen molar-refractivity contribution in [1.29, 1.82) is 0 Å². The average molecular weight is 353 g/mol. The summed E-state index contributed by atoms with van der Waals surface area (Å²) in [5, 5.41) is 5.17. The van der Waals surface area contributed by atoms with Crippen molar-refractivity contribution in [2.45, 2.75) is 19.8 Å². The molecule has 0 unspecified atom stereocenters. The minimum Gasteiger partial charge on any atom is -0.483 e. The summed E-state index contributed by atoms with van der Waals surface area (Å²) < 4.78 is 5.68. The molecule has 0 aliphatic rings. The number of hydrogen-bond donors (Lipinski definition) is 1. The predicted molar refractivity (Wildman–Crippen MR) is 100 cm³/mol. The van der Waals surface area contributed by atoms with E-state index in [9.17, 15) is 4.79 Å². The molecule has 2 heterocycles. The number of para-hydroxylation sites is 1. The van der Waals surface area contributed by atoms with Crippen molar-refractivity contribution in [3.8, 4) is 17.1 Å². The van der Waals surface area contributed by atoms with Crippen molar-refractivity contribution in [3.05, 3.63) is 59.6 Å². The number of pyridine rings is 1. The van der Waals surface area contributed by atoms with Gasteiger partial charge in [-0.15, -0.1) is 11.3 Å². The lowest BCUT2D eigenvalue weighted by atomic mass is 10.0. The summed E-state index contributed by atoms with van der Waals surface area (Å²) in [5.74, 6) is 0.834. The molecule has 0 radical (unpaired) electrons. The van der Waals surface area contributed by atoms with E-state index in [2.05, 4.69) is 29.1 Å². The van der Waals surface area contributed by atoms with Crippen LogP contribution >= 0.6 is 11.3 Å². The lowest BCUT2D eigenvalue weighted by Crippen LogP contribution is -2.20. The van der Waals surface area contributed by atoms with Gasteiger partial charge in [0.15, 0.2) is 11.7 Å². The van der Waals surface area contributed by atoms with E-state index < -0.39 is 0 Å². The minimum absolute atomic E-state index is 0.0533. The molecule has 0 saturated carbocycles. The Morgan fingerprint density at radius 2 is 1.96 bits per heavy atom. The number of anilines is 1. The highest BCUT2D eigenvalue weighted by molar-refractivity contribution is 7.14. The van der Waals surface area contributed by atoms with Crippen LogP contribution in [0.25, 0.3) is 11.4 Å². The zero-order chi connectivity index (χ0) is 17.6. The van der Waals surface area contributed by atoms with Crippen molar-refractivity contribution in [2.75, 3.05) is 11.9 Å². The molecule has 6 heteroatoms. The number of aromatic nitrogens is 2. The average Bonchev–Trinajstić information content (AvgIpc) is 3.09. The van der Waals surface area contributed by atoms with Crippen LogP contribution in [0, 0.1) is 0 Å². The lowest BCUT2D eigenvalue weighted by Gasteiger charge is -2.13. The van der Waals surface area contributed by atoms with E-state index in [0.717, 1.165) is 22.7 Å². The maximum Gasteiger partial charge on any atom is 0.264 e. The molecule has 0 aliphatic heterocycles. The van der Waals surface area contributed by atoms with Gasteiger partial charge in [-0.3, -0.25) is 15.1 Å². The van der Waals surface area contributed by atoms with Gasteiger partial charge in [0.25, 0.3) is 5.91 Å². The molecule has 0 atom stereocenters. The first-order chi connectivity index (χ1) is 12.1. The van der Waals surface area contributed by atoms with E-state index in [0.29, 0.717) is 11.0 Å². The van der Waals surface area contributed by atoms with E-state index in [1.165, 1.54) is 11.3 Å². The van der Waals surface area contributed by atoms with E-state index in [1.807, 2.05) is 47.8 Å². The molecule has 25 heavy (non-hydrogen) atoms. The van der Waals surface area contributed by atoms with Gasteiger partial charge in [0.05, 0.1) is 5.69 Å². The van der Waals surface area contributed by atoms with Crippen LogP contribution in [0.5, 0.6) is 5.75 Å². The van der Waals surface area contributed by atoms with Gasteiger partial charge >= 0.3 is 0 Å². The summed E-state index contributed by atoms with van der Waals surface area (Å²) in [6.45, 7) is 4.14. The summed E-state index contributed by atoms with van der Waals surface area (Å²) in [4.78, 5) is 20.8. The van der Waals surface area contributed by atoms with Gasteiger partial charge < -0.3 is 4.74 Å². The second-order valence-corrected chi connectivity index (χ2v) is 6.64. The zero-order valence-corrected chi connectivity index (χ0v) is 14.9. The van der Waals surface area contributed by atoms with Gasteiger partial charge in [0.2, 0.25) is 0 Å². The molecular weight excluding hydrogens is 334 g/mol. The first kappa shape index (κ1) is 17.1. The van der Waals surface area contributed by atoms with Gasteiger partial charge in [0.1, 0.15) is 11.4 Å². The first-order valence-corrected chi connectivity index (χ1v) is 8.90. The molecule has 1 N–H and O–H groups in total. The fourth-order valence-electron chi connectivity index (χ4n) is 2.35. The molecular formula is C19H19N3O2S. The number of hydrogen-bond acceptors (Lipinski definition) is 5. The van der Waals surface area contributed by atoms with E-state index in [4.69, 9.17) is 4.74 Å². The van der Waals surface area contributed by atoms with Crippen LogP contribution in [0.15, 0.2) is 54.0 Å². The Kier molecular flexibility index (Phi) is 5.40. The molecule has 5 nitrogen and oxygen atoms in total. The number of amides is 1. The number of rotatable bonds is 6. The monoisotopic (exact) mass is 353 g/mol. The van der Waals surface area contributed by atoms with Crippen LogP contribution in [0.2, 0.25) is 0 Å². The SMILES string of the molecule is CC(C)c1ccccc1OCC(=O)Nc1nc(-c2ccccn2)cs1. The van der Waals surface area contributed by atoms with Gasteiger partial charge in [-0.05, 0) is 29.7 Å². The van der Waals surface area contributed by atoms with E-state index in [1.54, 1.807) is 6.20 Å². The summed E-state index contributed by atoms with van der Waals surface area (Å²) >= 11 is 1.36. The van der Waals surface area contributed by atoms with Gasteiger partial charge in [-0.2, -0.15) is 0 Å². The van der Waals surface area contributed by atoms with Crippen LogP contribution in [0.1, 0.15) is 25.3 Å². The van der Waals surface area contributed by atoms with E-state index >= 15 is 0 Å². The minimum atomic E-state index is -0.236. The Labute approximate surface area is 150 Å². The number of carbonyl (C=O) groups is 1. The quantitative estimate of drug-likeness (QED) is 0.716. The van der Waals surface area contributed by atoms with Crippen LogP contribution in [0.4, 0.5) is 5.13 Å².